The molecular weight excluding hydrogens is 608 g/mol. The highest BCUT2D eigenvalue weighted by Crippen LogP contribution is 2.30. The van der Waals surface area contributed by atoms with E-state index in [9.17, 15) is 4.79 Å². The Morgan fingerprint density at radius 2 is 1.96 bits per heavy atom. The molecule has 0 aliphatic carbocycles. The molecule has 4 N–H and O–H groups in total. The highest BCUT2D eigenvalue weighted by Gasteiger charge is 2.19. The van der Waals surface area contributed by atoms with Gasteiger partial charge in [0.15, 0.2) is 5.01 Å². The fourth-order valence-electron chi connectivity index (χ4n) is 5.15. The number of hydrogen-bond donors (Lipinski definition) is 3. The van der Waals surface area contributed by atoms with Gasteiger partial charge in [-0.3, -0.25) is 10.2 Å². The van der Waals surface area contributed by atoms with Gasteiger partial charge in [-0.25, -0.2) is 4.98 Å². The number of hydrogen-bond acceptors (Lipinski definition) is 7. The van der Waals surface area contributed by atoms with Gasteiger partial charge in [-0.2, -0.15) is 0 Å². The maximum Gasteiger partial charge on any atom is 0.251 e. The number of thiazole rings is 1. The largest absolute Gasteiger partial charge is 0.497 e. The van der Waals surface area contributed by atoms with E-state index in [0.717, 1.165) is 50.1 Å². The van der Waals surface area contributed by atoms with Gasteiger partial charge >= 0.3 is 0 Å². The average Bonchev–Trinajstić information content (AvgIpc) is 3.78. The number of nitrogens with one attached hydrogen (secondary N) is 2. The van der Waals surface area contributed by atoms with Crippen LogP contribution in [-0.2, 0) is 25.9 Å². The van der Waals surface area contributed by atoms with Gasteiger partial charge in [-0.15, -0.1) is 11.3 Å². The van der Waals surface area contributed by atoms with Crippen LogP contribution in [0.5, 0.6) is 5.75 Å². The monoisotopic (exact) mass is 636 g/mol. The van der Waals surface area contributed by atoms with Crippen LogP contribution in [0.2, 0.25) is 5.02 Å². The van der Waals surface area contributed by atoms with Crippen LogP contribution in [-0.4, -0.2) is 33.6 Å². The molecule has 0 saturated carbocycles. The summed E-state index contributed by atoms with van der Waals surface area (Å²) in [6, 6.07) is 20.9. The molecule has 1 amide bonds. The molecule has 45 heavy (non-hydrogen) atoms. The first kappa shape index (κ1) is 29.9. The van der Waals surface area contributed by atoms with Crippen LogP contribution in [0.3, 0.4) is 0 Å². The summed E-state index contributed by atoms with van der Waals surface area (Å²) in [6.45, 7) is 0.715. The normalized spacial score (nSPS) is 11.0. The van der Waals surface area contributed by atoms with Crippen LogP contribution in [0.4, 0.5) is 0 Å². The molecule has 0 spiro atoms. The van der Waals surface area contributed by atoms with E-state index in [1.54, 1.807) is 19.2 Å². The Kier molecular flexibility index (Phi) is 8.82. The summed E-state index contributed by atoms with van der Waals surface area (Å²) in [4.78, 5) is 17.9. The molecule has 6 rings (SSSR count). The number of carbonyl (C=O) groups excluding carboxylic acids is 1. The Morgan fingerprint density at radius 3 is 2.71 bits per heavy atom. The van der Waals surface area contributed by atoms with Gasteiger partial charge in [0.1, 0.15) is 17.7 Å². The molecule has 9 nitrogen and oxygen atoms in total. The number of aryl methyl sites for hydroxylation is 3. The lowest BCUT2D eigenvalue weighted by Crippen LogP contribution is -2.22. The number of ether oxygens (including phenoxy) is 1. The Hall–Kier alpha value is -5.11. The zero-order valence-corrected chi connectivity index (χ0v) is 26.0. The number of fused-ring (bicyclic) bond motifs is 2. The van der Waals surface area contributed by atoms with Gasteiger partial charge in [0.05, 0.1) is 35.4 Å². The van der Waals surface area contributed by atoms with Gasteiger partial charge in [-0.05, 0) is 78.3 Å². The van der Waals surface area contributed by atoms with Gasteiger partial charge < -0.3 is 24.9 Å². The molecule has 0 fully saturated rings. The van der Waals surface area contributed by atoms with Crippen LogP contribution in [0.25, 0.3) is 21.1 Å². The van der Waals surface area contributed by atoms with Crippen LogP contribution in [0.15, 0.2) is 77.5 Å². The third-order valence-corrected chi connectivity index (χ3v) is 8.62. The van der Waals surface area contributed by atoms with Crippen molar-refractivity contribution < 1.29 is 14.1 Å². The van der Waals surface area contributed by atoms with E-state index in [4.69, 9.17) is 37.0 Å². The Morgan fingerprint density at radius 1 is 1.11 bits per heavy atom. The number of amidine groups is 1. The standard InChI is InChI=1S/C34H29ClN6O3S/c1-43-25-8-12-31-28(19-25)39-33(45-31)13-11-29-26(9-4-21-2-6-23(35)7-3-21)27-18-22(34(42)38-20-24-15-17-44-40-24)5-10-30(27)41(29)16-14-32(36)37/h2-3,5-8,10,12,15,17-19H,4,9,14,16,20H2,1H3,(H3,36,37)(H,38,42). The fourth-order valence-corrected chi connectivity index (χ4v) is 6.07. The first-order valence-electron chi connectivity index (χ1n) is 14.2. The highest BCUT2D eigenvalue weighted by molar-refractivity contribution is 7.19. The predicted octanol–water partition coefficient (Wildman–Crippen LogP) is 6.34. The number of nitrogens with two attached hydrogens (primary N) is 1. The van der Waals surface area contributed by atoms with Crippen molar-refractivity contribution in [1.82, 2.24) is 20.0 Å². The minimum atomic E-state index is -0.224. The molecule has 3 aromatic heterocycles. The zero-order chi connectivity index (χ0) is 31.3. The van der Waals surface area contributed by atoms with Crippen molar-refractivity contribution in [3.63, 3.8) is 0 Å². The zero-order valence-electron chi connectivity index (χ0n) is 24.4. The quantitative estimate of drug-likeness (QED) is 0.0913. The molecule has 226 valence electrons. The van der Waals surface area contributed by atoms with Crippen molar-refractivity contribution in [1.29, 1.82) is 5.41 Å². The van der Waals surface area contributed by atoms with Gasteiger partial charge in [0, 0.05) is 46.6 Å². The molecule has 11 heteroatoms. The first-order valence-corrected chi connectivity index (χ1v) is 15.4. The first-order chi connectivity index (χ1) is 21.9. The number of benzene rings is 3. The van der Waals surface area contributed by atoms with Crippen molar-refractivity contribution >= 4 is 55.8 Å². The lowest BCUT2D eigenvalue weighted by molar-refractivity contribution is 0.0950. The van der Waals surface area contributed by atoms with E-state index in [-0.39, 0.29) is 18.3 Å². The number of methoxy groups -OCH3 is 1. The van der Waals surface area contributed by atoms with Crippen LogP contribution in [0.1, 0.15) is 44.3 Å². The summed E-state index contributed by atoms with van der Waals surface area (Å²) in [6.07, 6.45) is 3.23. The predicted molar refractivity (Wildman–Crippen MR) is 177 cm³/mol. The van der Waals surface area contributed by atoms with Crippen LogP contribution < -0.4 is 15.8 Å². The van der Waals surface area contributed by atoms with Crippen molar-refractivity contribution in [2.24, 2.45) is 5.73 Å². The van der Waals surface area contributed by atoms with Gasteiger partial charge in [0.2, 0.25) is 0 Å². The topological polar surface area (TPSA) is 132 Å². The van der Waals surface area contributed by atoms with Crippen LogP contribution in [0, 0.1) is 17.3 Å². The maximum atomic E-state index is 13.2. The number of aromatic nitrogens is 3. The summed E-state index contributed by atoms with van der Waals surface area (Å²) in [7, 11) is 1.63. The van der Waals surface area contributed by atoms with E-state index >= 15 is 0 Å². The molecule has 0 aliphatic rings. The van der Waals surface area contributed by atoms with E-state index in [2.05, 4.69) is 26.9 Å². The second-order valence-corrected chi connectivity index (χ2v) is 11.9. The van der Waals surface area contributed by atoms with Crippen LogP contribution >= 0.6 is 22.9 Å². The summed E-state index contributed by atoms with van der Waals surface area (Å²) in [5, 5.41) is 17.0. The lowest BCUT2D eigenvalue weighted by Gasteiger charge is -2.08. The molecule has 0 atom stereocenters. The molecule has 0 aliphatic heterocycles. The minimum Gasteiger partial charge on any atom is -0.497 e. The molecular formula is C34H29ClN6O3S. The number of rotatable bonds is 10. The third-order valence-electron chi connectivity index (χ3n) is 7.42. The van der Waals surface area contributed by atoms with Crippen molar-refractivity contribution in [2.45, 2.75) is 32.4 Å². The SMILES string of the molecule is COc1ccc2sc(C#Cc3c(CCc4ccc(Cl)cc4)c4cc(C(=O)NCc5ccon5)ccc4n3CCC(=N)N)nc2c1. The second kappa shape index (κ2) is 13.3. The Labute approximate surface area is 268 Å². The molecule has 3 heterocycles. The highest BCUT2D eigenvalue weighted by atomic mass is 35.5. The minimum absolute atomic E-state index is 0.0856. The molecule has 6 aromatic rings. The van der Waals surface area contributed by atoms with Crippen molar-refractivity contribution in [3.05, 3.63) is 111 Å². The number of nitrogens with zero attached hydrogens (tertiary/aromatic N) is 3. The molecule has 0 radical (unpaired) electrons. The second-order valence-electron chi connectivity index (χ2n) is 10.4. The Bertz CT molecular complexity index is 2070. The molecule has 0 unspecified atom stereocenters. The van der Waals surface area contributed by atoms with Crippen molar-refractivity contribution in [2.75, 3.05) is 7.11 Å². The number of carbonyl (C=O) groups is 1. The average molecular weight is 637 g/mol. The molecule has 3 aromatic carbocycles. The fraction of sp³-hybridized carbons (Fsp3) is 0.176. The molecule has 0 saturated heterocycles. The summed E-state index contributed by atoms with van der Waals surface area (Å²) in [5.74, 6) is 7.31. The summed E-state index contributed by atoms with van der Waals surface area (Å²) in [5.41, 5.74) is 11.6. The lowest BCUT2D eigenvalue weighted by atomic mass is 10.00. The number of amides is 1. The van der Waals surface area contributed by atoms with E-state index in [0.29, 0.717) is 40.7 Å². The number of halogens is 1. The smallest absolute Gasteiger partial charge is 0.251 e. The van der Waals surface area contributed by atoms with E-state index in [1.165, 1.54) is 17.6 Å². The van der Waals surface area contributed by atoms with Crippen molar-refractivity contribution in [3.8, 4) is 17.6 Å². The maximum absolute atomic E-state index is 13.2. The Balaban J connectivity index is 1.44. The third kappa shape index (κ3) is 6.85. The van der Waals surface area contributed by atoms with E-state index < -0.39 is 0 Å². The van der Waals surface area contributed by atoms with Gasteiger partial charge in [-0.1, -0.05) is 28.9 Å². The molecule has 0 bridgehead atoms. The van der Waals surface area contributed by atoms with Gasteiger partial charge in [0.25, 0.3) is 5.91 Å². The summed E-state index contributed by atoms with van der Waals surface area (Å²) < 4.78 is 13.3. The van der Waals surface area contributed by atoms with E-state index in [1.807, 2.05) is 54.6 Å². The summed E-state index contributed by atoms with van der Waals surface area (Å²) >= 11 is 7.65.